The molecule has 1 atom stereocenters. The first-order valence-corrected chi connectivity index (χ1v) is 8.36. The van der Waals surface area contributed by atoms with Crippen molar-refractivity contribution >= 4 is 34.3 Å². The van der Waals surface area contributed by atoms with E-state index in [2.05, 4.69) is 20.8 Å². The van der Waals surface area contributed by atoms with Crippen molar-refractivity contribution in [3.8, 4) is 5.75 Å². The molecule has 1 aromatic heterocycles. The van der Waals surface area contributed by atoms with Gasteiger partial charge in [-0.15, -0.1) is 10.2 Å². The Balaban J connectivity index is 1.67. The summed E-state index contributed by atoms with van der Waals surface area (Å²) in [4.78, 5) is 12.0. The molecule has 0 radical (unpaired) electrons. The molecule has 2 aromatic rings. The van der Waals surface area contributed by atoms with E-state index in [0.717, 1.165) is 17.0 Å². The molecule has 1 aliphatic heterocycles. The standard InChI is InChI=1S/C16H18N4O3S/c1-3-13-19-20-15(24-13)18-14(22)17-11-4-5-12-10(8-11)6-7-16(2,9-21)23-12/h4-8,21H,3,9H2,1-2H3,(H2,17,18,20,22). The van der Waals surface area contributed by atoms with Crippen molar-refractivity contribution in [3.63, 3.8) is 0 Å². The third-order valence-corrected chi connectivity index (χ3v) is 4.51. The first-order valence-electron chi connectivity index (χ1n) is 7.55. The number of fused-ring (bicyclic) bond motifs is 1. The fourth-order valence-electron chi connectivity index (χ4n) is 2.19. The Bertz CT molecular complexity index is 789. The highest BCUT2D eigenvalue weighted by Crippen LogP contribution is 2.32. The molecule has 0 fully saturated rings. The Morgan fingerprint density at radius 1 is 1.38 bits per heavy atom. The lowest BCUT2D eigenvalue weighted by Crippen LogP contribution is -2.35. The van der Waals surface area contributed by atoms with Crippen molar-refractivity contribution in [3.05, 3.63) is 34.8 Å². The number of urea groups is 1. The van der Waals surface area contributed by atoms with Gasteiger partial charge in [-0.2, -0.15) is 0 Å². The number of carbonyl (C=O) groups is 1. The Morgan fingerprint density at radius 3 is 2.92 bits per heavy atom. The number of amides is 2. The van der Waals surface area contributed by atoms with Gasteiger partial charge in [-0.3, -0.25) is 5.32 Å². The van der Waals surface area contributed by atoms with Gasteiger partial charge in [0.15, 0.2) is 0 Å². The van der Waals surface area contributed by atoms with Gasteiger partial charge in [-0.25, -0.2) is 4.79 Å². The molecular formula is C16H18N4O3S. The van der Waals surface area contributed by atoms with Gasteiger partial charge in [0.1, 0.15) is 16.4 Å². The van der Waals surface area contributed by atoms with E-state index in [-0.39, 0.29) is 12.6 Å². The van der Waals surface area contributed by atoms with Crippen LogP contribution in [0.2, 0.25) is 0 Å². The molecule has 0 spiro atoms. The molecule has 24 heavy (non-hydrogen) atoms. The van der Waals surface area contributed by atoms with Gasteiger partial charge >= 0.3 is 6.03 Å². The molecule has 0 saturated carbocycles. The van der Waals surface area contributed by atoms with Crippen LogP contribution in [-0.4, -0.2) is 33.5 Å². The van der Waals surface area contributed by atoms with Gasteiger partial charge in [-0.1, -0.05) is 24.3 Å². The van der Waals surface area contributed by atoms with Crippen molar-refractivity contribution in [1.29, 1.82) is 0 Å². The van der Waals surface area contributed by atoms with Crippen LogP contribution in [0.25, 0.3) is 6.08 Å². The minimum absolute atomic E-state index is 0.104. The lowest BCUT2D eigenvalue weighted by molar-refractivity contribution is 0.0641. The number of aromatic nitrogens is 2. The second-order valence-electron chi connectivity index (χ2n) is 5.59. The number of hydrogen-bond donors (Lipinski definition) is 3. The molecule has 0 bridgehead atoms. The SMILES string of the molecule is CCc1nnc(NC(=O)Nc2ccc3c(c2)C=CC(C)(CO)O3)s1. The summed E-state index contributed by atoms with van der Waals surface area (Å²) < 4.78 is 5.76. The van der Waals surface area contributed by atoms with Crippen LogP contribution in [-0.2, 0) is 6.42 Å². The average molecular weight is 346 g/mol. The molecule has 3 rings (SSSR count). The van der Waals surface area contributed by atoms with Crippen molar-refractivity contribution < 1.29 is 14.6 Å². The summed E-state index contributed by atoms with van der Waals surface area (Å²) in [5.41, 5.74) is 0.754. The van der Waals surface area contributed by atoms with Crippen molar-refractivity contribution in [2.75, 3.05) is 17.2 Å². The number of benzene rings is 1. The van der Waals surface area contributed by atoms with E-state index in [9.17, 15) is 9.90 Å². The van der Waals surface area contributed by atoms with E-state index in [1.54, 1.807) is 31.2 Å². The smallest absolute Gasteiger partial charge is 0.325 e. The Morgan fingerprint density at radius 2 is 2.21 bits per heavy atom. The molecule has 2 heterocycles. The largest absolute Gasteiger partial charge is 0.480 e. The highest BCUT2D eigenvalue weighted by atomic mass is 32.1. The number of aliphatic hydroxyl groups is 1. The molecule has 8 heteroatoms. The number of carbonyl (C=O) groups excluding carboxylic acids is 1. The molecule has 1 unspecified atom stereocenters. The normalized spacial score (nSPS) is 18.6. The Labute approximate surface area is 143 Å². The van der Waals surface area contributed by atoms with E-state index in [1.807, 2.05) is 13.0 Å². The fraction of sp³-hybridized carbons (Fsp3) is 0.312. The summed E-state index contributed by atoms with van der Waals surface area (Å²) >= 11 is 1.35. The van der Waals surface area contributed by atoms with Gasteiger partial charge in [0, 0.05) is 11.3 Å². The van der Waals surface area contributed by atoms with Gasteiger partial charge in [-0.05, 0) is 37.6 Å². The lowest BCUT2D eigenvalue weighted by atomic mass is 10.0. The second-order valence-corrected chi connectivity index (χ2v) is 6.65. The average Bonchev–Trinajstić information content (AvgIpc) is 3.02. The third-order valence-electron chi connectivity index (χ3n) is 3.53. The monoisotopic (exact) mass is 346 g/mol. The molecule has 0 aliphatic carbocycles. The summed E-state index contributed by atoms with van der Waals surface area (Å²) in [5.74, 6) is 0.664. The lowest BCUT2D eigenvalue weighted by Gasteiger charge is -2.29. The fourth-order valence-corrected chi connectivity index (χ4v) is 2.87. The first kappa shape index (κ1) is 16.4. The van der Waals surface area contributed by atoms with Crippen molar-refractivity contribution in [1.82, 2.24) is 10.2 Å². The molecule has 2 amide bonds. The number of aliphatic hydroxyl groups excluding tert-OH is 1. The number of hydrogen-bond acceptors (Lipinski definition) is 6. The highest BCUT2D eigenvalue weighted by molar-refractivity contribution is 7.15. The Hall–Kier alpha value is -2.45. The zero-order chi connectivity index (χ0) is 17.2. The molecule has 1 aliphatic rings. The number of anilines is 2. The quantitative estimate of drug-likeness (QED) is 0.791. The number of nitrogens with one attached hydrogen (secondary N) is 2. The van der Waals surface area contributed by atoms with Crippen LogP contribution in [0.4, 0.5) is 15.6 Å². The molecule has 0 saturated heterocycles. The van der Waals surface area contributed by atoms with E-state index in [0.29, 0.717) is 16.6 Å². The van der Waals surface area contributed by atoms with E-state index in [1.165, 1.54) is 11.3 Å². The molecule has 3 N–H and O–H groups in total. The first-order chi connectivity index (χ1) is 11.5. The maximum Gasteiger partial charge on any atom is 0.325 e. The van der Waals surface area contributed by atoms with E-state index < -0.39 is 5.60 Å². The van der Waals surface area contributed by atoms with Crippen LogP contribution in [0.15, 0.2) is 24.3 Å². The molecule has 7 nitrogen and oxygen atoms in total. The zero-order valence-corrected chi connectivity index (χ0v) is 14.2. The topological polar surface area (TPSA) is 96.4 Å². The third kappa shape index (κ3) is 3.55. The minimum Gasteiger partial charge on any atom is -0.480 e. The van der Waals surface area contributed by atoms with Crippen LogP contribution in [0.5, 0.6) is 5.75 Å². The summed E-state index contributed by atoms with van der Waals surface area (Å²) in [5, 5.41) is 24.0. The number of ether oxygens (including phenoxy) is 1. The molecule has 1 aromatic carbocycles. The zero-order valence-electron chi connectivity index (χ0n) is 13.4. The predicted octanol–water partition coefficient (Wildman–Crippen LogP) is 2.90. The maximum absolute atomic E-state index is 12.0. The molecule has 126 valence electrons. The second kappa shape index (κ2) is 6.58. The summed E-state index contributed by atoms with van der Waals surface area (Å²) in [6, 6.07) is 4.93. The van der Waals surface area contributed by atoms with Gasteiger partial charge < -0.3 is 15.2 Å². The minimum atomic E-state index is -0.714. The van der Waals surface area contributed by atoms with Crippen LogP contribution < -0.4 is 15.4 Å². The number of aryl methyl sites for hydroxylation is 1. The van der Waals surface area contributed by atoms with Gasteiger partial charge in [0.2, 0.25) is 5.13 Å². The maximum atomic E-state index is 12.0. The van der Waals surface area contributed by atoms with Crippen molar-refractivity contribution in [2.45, 2.75) is 25.9 Å². The van der Waals surface area contributed by atoms with Gasteiger partial charge in [0.05, 0.1) is 6.61 Å². The highest BCUT2D eigenvalue weighted by Gasteiger charge is 2.26. The number of nitrogens with zero attached hydrogens (tertiary/aromatic N) is 2. The number of rotatable bonds is 4. The Kier molecular flexibility index (Phi) is 4.50. The van der Waals surface area contributed by atoms with Crippen LogP contribution >= 0.6 is 11.3 Å². The summed E-state index contributed by atoms with van der Waals surface area (Å²) in [7, 11) is 0. The van der Waals surface area contributed by atoms with E-state index in [4.69, 9.17) is 4.74 Å². The van der Waals surface area contributed by atoms with Crippen molar-refractivity contribution in [2.24, 2.45) is 0 Å². The predicted molar refractivity (Wildman–Crippen MR) is 93.5 cm³/mol. The molecular weight excluding hydrogens is 328 g/mol. The van der Waals surface area contributed by atoms with E-state index >= 15 is 0 Å². The summed E-state index contributed by atoms with van der Waals surface area (Å²) in [6.45, 7) is 3.68. The van der Waals surface area contributed by atoms with Crippen LogP contribution in [0, 0.1) is 0 Å². The van der Waals surface area contributed by atoms with Gasteiger partial charge in [0.25, 0.3) is 0 Å². The van der Waals surface area contributed by atoms with Crippen LogP contribution in [0.3, 0.4) is 0 Å². The van der Waals surface area contributed by atoms with Crippen LogP contribution in [0.1, 0.15) is 24.4 Å². The summed E-state index contributed by atoms with van der Waals surface area (Å²) in [6.07, 6.45) is 4.45.